The summed E-state index contributed by atoms with van der Waals surface area (Å²) in [5.41, 5.74) is 2.74. The number of hydrogen-bond donors (Lipinski definition) is 0. The maximum atomic E-state index is 4.96. The first kappa shape index (κ1) is 11.6. The summed E-state index contributed by atoms with van der Waals surface area (Å²) in [5, 5.41) is 1.24. The van der Waals surface area contributed by atoms with Crippen molar-refractivity contribution < 1.29 is 0 Å². The van der Waals surface area contributed by atoms with E-state index in [0.717, 1.165) is 0 Å². The Kier molecular flexibility index (Phi) is 2.69. The third-order valence-corrected chi connectivity index (χ3v) is 5.65. The van der Waals surface area contributed by atoms with Crippen LogP contribution in [0.5, 0.6) is 0 Å². The number of benzene rings is 1. The van der Waals surface area contributed by atoms with Crippen LogP contribution in [0, 0.1) is 0 Å². The van der Waals surface area contributed by atoms with Gasteiger partial charge in [-0.25, -0.2) is 0 Å². The Morgan fingerprint density at radius 2 is 1.95 bits per heavy atom. The van der Waals surface area contributed by atoms with E-state index >= 15 is 0 Å². The topological polar surface area (TPSA) is 15.6 Å². The highest BCUT2D eigenvalue weighted by Crippen LogP contribution is 2.47. The third-order valence-electron chi connectivity index (χ3n) is 4.43. The van der Waals surface area contributed by atoms with Crippen molar-refractivity contribution in [3.8, 4) is 0 Å². The van der Waals surface area contributed by atoms with Gasteiger partial charge in [-0.3, -0.25) is 4.99 Å². The summed E-state index contributed by atoms with van der Waals surface area (Å²) in [6, 6.07) is 11.9. The molecule has 19 heavy (non-hydrogen) atoms. The van der Waals surface area contributed by atoms with Gasteiger partial charge in [-0.15, -0.1) is 0 Å². The largest absolute Gasteiger partial charge is 0.319 e. The molecule has 2 heterocycles. The molecular weight excluding hydrogens is 252 g/mol. The molecule has 4 rings (SSSR count). The van der Waals surface area contributed by atoms with Gasteiger partial charge in [0.15, 0.2) is 5.17 Å². The summed E-state index contributed by atoms with van der Waals surface area (Å²) in [7, 11) is 0. The molecule has 2 atom stereocenters. The number of hydrogen-bond acceptors (Lipinski definition) is 3. The standard InChI is InChI=1S/C16H18N2S/c1-11-15(12-7-3-2-4-8-12)19-16-17-13-9-5-6-10-14(13)18(11)16/h2-4,7-8,13-14H,5-6,9-10H2,1H3/t13-,14+/m1/s1. The predicted molar refractivity (Wildman–Crippen MR) is 81.9 cm³/mol. The Hall–Kier alpha value is -1.22. The van der Waals surface area contributed by atoms with Crippen molar-refractivity contribution in [3.05, 3.63) is 41.6 Å². The number of allylic oxidation sites excluding steroid dienone is 1. The zero-order valence-corrected chi connectivity index (χ0v) is 12.0. The van der Waals surface area contributed by atoms with Crippen LogP contribution in [0.2, 0.25) is 0 Å². The molecule has 1 aliphatic carbocycles. The van der Waals surface area contributed by atoms with Crippen molar-refractivity contribution in [2.75, 3.05) is 0 Å². The minimum absolute atomic E-state index is 0.559. The van der Waals surface area contributed by atoms with Crippen molar-refractivity contribution in [3.63, 3.8) is 0 Å². The van der Waals surface area contributed by atoms with Gasteiger partial charge in [0.2, 0.25) is 0 Å². The Balaban J connectivity index is 1.71. The van der Waals surface area contributed by atoms with Gasteiger partial charge in [0, 0.05) is 10.6 Å². The minimum Gasteiger partial charge on any atom is -0.319 e. The lowest BCUT2D eigenvalue weighted by Crippen LogP contribution is -2.37. The molecule has 0 bridgehead atoms. The van der Waals surface area contributed by atoms with Crippen molar-refractivity contribution in [2.24, 2.45) is 4.99 Å². The highest BCUT2D eigenvalue weighted by atomic mass is 32.2. The second kappa shape index (κ2) is 4.41. The first-order chi connectivity index (χ1) is 9.34. The molecule has 1 saturated carbocycles. The van der Waals surface area contributed by atoms with Crippen LogP contribution in [0.4, 0.5) is 0 Å². The van der Waals surface area contributed by atoms with Crippen molar-refractivity contribution in [1.82, 2.24) is 4.90 Å². The van der Waals surface area contributed by atoms with Crippen molar-refractivity contribution in [1.29, 1.82) is 0 Å². The van der Waals surface area contributed by atoms with E-state index in [1.165, 1.54) is 47.0 Å². The molecule has 1 fully saturated rings. The molecule has 2 aliphatic heterocycles. The Morgan fingerprint density at radius 3 is 2.79 bits per heavy atom. The lowest BCUT2D eigenvalue weighted by Gasteiger charge is -2.31. The second-order valence-corrected chi connectivity index (χ2v) is 6.56. The smallest absolute Gasteiger partial charge is 0.169 e. The average molecular weight is 270 g/mol. The van der Waals surface area contributed by atoms with Gasteiger partial charge < -0.3 is 4.90 Å². The summed E-state index contributed by atoms with van der Waals surface area (Å²) in [5.74, 6) is 0. The molecule has 0 radical (unpaired) electrons. The molecule has 3 heteroatoms. The molecule has 0 amide bonds. The summed E-state index contributed by atoms with van der Waals surface area (Å²) >= 11 is 1.86. The molecule has 1 aromatic rings. The quantitative estimate of drug-likeness (QED) is 0.763. The van der Waals surface area contributed by atoms with Crippen LogP contribution in [-0.4, -0.2) is 22.2 Å². The highest BCUT2D eigenvalue weighted by molar-refractivity contribution is 8.22. The van der Waals surface area contributed by atoms with Crippen LogP contribution in [0.15, 0.2) is 41.0 Å². The molecule has 3 aliphatic rings. The van der Waals surface area contributed by atoms with Crippen LogP contribution >= 0.6 is 11.8 Å². The molecule has 0 saturated heterocycles. The fourth-order valence-electron chi connectivity index (χ4n) is 3.49. The SMILES string of the molecule is CC1=C(c2ccccc2)SC2=N[C@@H]3CCCC[C@@H]3N21. The maximum Gasteiger partial charge on any atom is 0.169 e. The van der Waals surface area contributed by atoms with Gasteiger partial charge in [-0.1, -0.05) is 43.2 Å². The monoisotopic (exact) mass is 270 g/mol. The lowest BCUT2D eigenvalue weighted by atomic mass is 9.90. The van der Waals surface area contributed by atoms with Crippen molar-refractivity contribution in [2.45, 2.75) is 44.7 Å². The molecule has 0 spiro atoms. The summed E-state index contributed by atoms with van der Waals surface area (Å²) in [4.78, 5) is 8.86. The molecule has 0 unspecified atom stereocenters. The van der Waals surface area contributed by atoms with E-state index in [0.29, 0.717) is 12.1 Å². The van der Waals surface area contributed by atoms with Gasteiger partial charge in [0.05, 0.1) is 12.1 Å². The summed E-state index contributed by atoms with van der Waals surface area (Å²) < 4.78 is 0. The Bertz CT molecular complexity index is 561. The first-order valence-corrected chi connectivity index (χ1v) is 7.97. The van der Waals surface area contributed by atoms with Gasteiger partial charge in [-0.2, -0.15) is 0 Å². The zero-order chi connectivity index (χ0) is 12.8. The molecule has 98 valence electrons. The number of rotatable bonds is 1. The van der Waals surface area contributed by atoms with Gasteiger partial charge in [0.25, 0.3) is 0 Å². The molecular formula is C16H18N2S. The van der Waals surface area contributed by atoms with Crippen LogP contribution in [0.25, 0.3) is 4.91 Å². The van der Waals surface area contributed by atoms with Crippen LogP contribution in [-0.2, 0) is 0 Å². The van der Waals surface area contributed by atoms with E-state index < -0.39 is 0 Å². The lowest BCUT2D eigenvalue weighted by molar-refractivity contribution is 0.285. The second-order valence-electron chi connectivity index (χ2n) is 5.58. The summed E-state index contributed by atoms with van der Waals surface area (Å²) in [6.07, 6.45) is 5.29. The van der Waals surface area contributed by atoms with E-state index in [-0.39, 0.29) is 0 Å². The molecule has 2 nitrogen and oxygen atoms in total. The Labute approximate surface area is 118 Å². The van der Waals surface area contributed by atoms with Gasteiger partial charge in [-0.05, 0) is 37.1 Å². The third kappa shape index (κ3) is 1.75. The number of aliphatic imine (C=N–C) groups is 1. The molecule has 0 aromatic heterocycles. The summed E-state index contributed by atoms with van der Waals surface area (Å²) in [6.45, 7) is 2.26. The Morgan fingerprint density at radius 1 is 1.16 bits per heavy atom. The first-order valence-electron chi connectivity index (χ1n) is 7.16. The number of thioether (sulfide) groups is 1. The van der Waals surface area contributed by atoms with E-state index in [4.69, 9.17) is 4.99 Å². The van der Waals surface area contributed by atoms with Crippen LogP contribution in [0.3, 0.4) is 0 Å². The average Bonchev–Trinajstić information content (AvgIpc) is 2.97. The number of nitrogens with zero attached hydrogens (tertiary/aromatic N) is 2. The highest BCUT2D eigenvalue weighted by Gasteiger charge is 2.42. The minimum atomic E-state index is 0.559. The predicted octanol–water partition coefficient (Wildman–Crippen LogP) is 4.10. The van der Waals surface area contributed by atoms with E-state index in [1.54, 1.807) is 0 Å². The van der Waals surface area contributed by atoms with Crippen LogP contribution in [0.1, 0.15) is 38.2 Å². The normalized spacial score (nSPS) is 29.3. The van der Waals surface area contributed by atoms with Crippen LogP contribution < -0.4 is 0 Å². The maximum absolute atomic E-state index is 4.96. The van der Waals surface area contributed by atoms with E-state index in [2.05, 4.69) is 42.2 Å². The zero-order valence-electron chi connectivity index (χ0n) is 11.2. The van der Waals surface area contributed by atoms with E-state index in [9.17, 15) is 0 Å². The van der Waals surface area contributed by atoms with Gasteiger partial charge in [0.1, 0.15) is 0 Å². The van der Waals surface area contributed by atoms with E-state index in [1.807, 2.05) is 11.8 Å². The number of fused-ring (bicyclic) bond motifs is 3. The fourth-order valence-corrected chi connectivity index (χ4v) is 4.73. The van der Waals surface area contributed by atoms with Crippen molar-refractivity contribution >= 4 is 21.8 Å². The van der Waals surface area contributed by atoms with Gasteiger partial charge >= 0.3 is 0 Å². The number of amidine groups is 1. The molecule has 0 N–H and O–H groups in total. The fraction of sp³-hybridized carbons (Fsp3) is 0.438. The molecule has 1 aromatic carbocycles.